The third-order valence-corrected chi connectivity index (χ3v) is 6.39. The molecule has 1 aliphatic rings. The Balaban J connectivity index is 2.29. The average molecular weight is 543 g/mol. The first-order chi connectivity index (χ1) is 18.3. The number of rotatable bonds is 7. The average Bonchev–Trinajstić information content (AvgIpc) is 2.87. The van der Waals surface area contributed by atoms with Gasteiger partial charge >= 0.3 is 18.2 Å². The van der Waals surface area contributed by atoms with E-state index in [1.54, 1.807) is 12.1 Å². The smallest absolute Gasteiger partial charge is 0.416 e. The normalized spacial score (nSPS) is 16.0. The van der Waals surface area contributed by atoms with Crippen molar-refractivity contribution < 1.29 is 27.5 Å². The van der Waals surface area contributed by atoms with Crippen LogP contribution in [0.4, 0.5) is 23.7 Å². The molecule has 3 N–H and O–H groups in total. The number of urea groups is 1. The molecule has 0 saturated heterocycles. The van der Waals surface area contributed by atoms with Gasteiger partial charge in [-0.15, -0.1) is 0 Å². The zero-order valence-electron chi connectivity index (χ0n) is 22.0. The number of primary amides is 1. The number of ether oxygens (including phenoxy) is 1. The molecule has 9 nitrogen and oxygen atoms in total. The predicted octanol–water partition coefficient (Wildman–Crippen LogP) is 4.40. The maximum atomic E-state index is 13.5. The largest absolute Gasteiger partial charge is 0.466 e. The summed E-state index contributed by atoms with van der Waals surface area (Å²) < 4.78 is 45.4. The monoisotopic (exact) mass is 542 g/mol. The highest BCUT2D eigenvalue weighted by molar-refractivity contribution is 6.10. The van der Waals surface area contributed by atoms with E-state index in [9.17, 15) is 28.0 Å². The van der Waals surface area contributed by atoms with Gasteiger partial charge in [0.25, 0.3) is 0 Å². The predicted molar refractivity (Wildman–Crippen MR) is 139 cm³/mol. The number of esters is 1. The van der Waals surface area contributed by atoms with Crippen LogP contribution in [0.1, 0.15) is 41.6 Å². The van der Waals surface area contributed by atoms with E-state index in [0.717, 1.165) is 35.6 Å². The zero-order valence-corrected chi connectivity index (χ0v) is 22.0. The number of amides is 2. The van der Waals surface area contributed by atoms with Gasteiger partial charge in [0.15, 0.2) is 0 Å². The van der Waals surface area contributed by atoms with Crippen LogP contribution in [0.5, 0.6) is 0 Å². The fourth-order valence-electron chi connectivity index (χ4n) is 4.61. The summed E-state index contributed by atoms with van der Waals surface area (Å²) in [4.78, 5) is 29.9. The molecule has 1 atom stereocenters. The molecule has 1 aliphatic heterocycles. The summed E-state index contributed by atoms with van der Waals surface area (Å²) in [5.41, 5.74) is 6.14. The molecule has 12 heteroatoms. The minimum atomic E-state index is -4.66. The number of guanidine groups is 1. The number of hydrogen-bond acceptors (Lipinski definition) is 6. The molecule has 0 aliphatic carbocycles. The van der Waals surface area contributed by atoms with E-state index in [1.165, 1.54) is 25.1 Å². The first-order valence-electron chi connectivity index (χ1n) is 11.9. The lowest BCUT2D eigenvalue weighted by molar-refractivity contribution is -0.138. The van der Waals surface area contributed by atoms with Gasteiger partial charge < -0.3 is 15.4 Å². The van der Waals surface area contributed by atoms with E-state index >= 15 is 0 Å². The van der Waals surface area contributed by atoms with Gasteiger partial charge in [-0.25, -0.2) is 9.59 Å². The van der Waals surface area contributed by atoms with Gasteiger partial charge in [0.1, 0.15) is 6.04 Å². The van der Waals surface area contributed by atoms with E-state index < -0.39 is 35.7 Å². The van der Waals surface area contributed by atoms with Crippen molar-refractivity contribution in [1.29, 1.82) is 10.7 Å². The number of benzene rings is 2. The van der Waals surface area contributed by atoms with Gasteiger partial charge in [-0.1, -0.05) is 12.1 Å². The molecule has 0 aromatic heterocycles. The lowest BCUT2D eigenvalue weighted by Gasteiger charge is -2.43. The summed E-state index contributed by atoms with van der Waals surface area (Å²) in [6.45, 7) is 2.18. The van der Waals surface area contributed by atoms with Crippen LogP contribution in [0.15, 0.2) is 53.7 Å². The van der Waals surface area contributed by atoms with Gasteiger partial charge in [-0.2, -0.15) is 18.4 Å². The Kier molecular flexibility index (Phi) is 8.66. The number of nitrogens with one attached hydrogen (secondary N) is 1. The summed E-state index contributed by atoms with van der Waals surface area (Å²) in [5.74, 6) is -1.39. The summed E-state index contributed by atoms with van der Waals surface area (Å²) in [5, 5.41) is 18.3. The fourth-order valence-corrected chi connectivity index (χ4v) is 4.61. The number of anilines is 1. The number of carbonyl (C=O) groups excluding carboxylic acids is 2. The molecule has 2 amide bonds. The fraction of sp³-hybridized carbons (Fsp3) is 0.333. The molecular weight excluding hydrogens is 513 g/mol. The number of carbonyl (C=O) groups is 2. The standard InChI is InChI=1S/C27H29F3N6O3/c1-16-22(24(37)39-4)23(21-11-10-17(15-31)13-18(21)7-6-12-34(2)3)36(26(33)38)25(32)35(16)20-9-5-8-19(14-20)27(28,29)30/h5,8-11,13-14,23,32H,6-7,12H2,1-4H3,(H2,33,38)/t23-/m1/s1. The van der Waals surface area contributed by atoms with Crippen molar-refractivity contribution in [3.05, 3.63) is 76.0 Å². The van der Waals surface area contributed by atoms with Crippen LogP contribution in [0.25, 0.3) is 0 Å². The van der Waals surface area contributed by atoms with Crippen molar-refractivity contribution in [3.8, 4) is 6.07 Å². The minimum Gasteiger partial charge on any atom is -0.466 e. The zero-order chi connectivity index (χ0) is 29.1. The van der Waals surface area contributed by atoms with Crippen LogP contribution in [-0.4, -0.2) is 55.5 Å². The molecule has 206 valence electrons. The van der Waals surface area contributed by atoms with Crippen molar-refractivity contribution in [1.82, 2.24) is 9.80 Å². The Morgan fingerprint density at radius 3 is 2.46 bits per heavy atom. The third-order valence-electron chi connectivity index (χ3n) is 6.39. The molecule has 39 heavy (non-hydrogen) atoms. The van der Waals surface area contributed by atoms with Crippen molar-refractivity contribution in [2.45, 2.75) is 32.0 Å². The second kappa shape index (κ2) is 11.6. The number of alkyl halides is 3. The Morgan fingerprint density at radius 1 is 1.21 bits per heavy atom. The molecule has 0 saturated carbocycles. The maximum absolute atomic E-state index is 13.5. The third kappa shape index (κ3) is 6.04. The maximum Gasteiger partial charge on any atom is 0.416 e. The van der Waals surface area contributed by atoms with Gasteiger partial charge in [-0.05, 0) is 81.9 Å². The number of nitriles is 1. The Labute approximate surface area is 224 Å². The first kappa shape index (κ1) is 29.2. The first-order valence-corrected chi connectivity index (χ1v) is 11.9. The van der Waals surface area contributed by atoms with Gasteiger partial charge in [-0.3, -0.25) is 15.2 Å². The van der Waals surface area contributed by atoms with E-state index in [1.807, 2.05) is 19.0 Å². The number of allylic oxidation sites excluding steroid dienone is 1. The van der Waals surface area contributed by atoms with Crippen LogP contribution in [0, 0.1) is 16.7 Å². The van der Waals surface area contributed by atoms with Gasteiger partial charge in [0, 0.05) is 11.4 Å². The number of halogens is 3. The van der Waals surface area contributed by atoms with E-state index in [0.29, 0.717) is 29.5 Å². The van der Waals surface area contributed by atoms with E-state index in [-0.39, 0.29) is 17.0 Å². The van der Waals surface area contributed by atoms with Gasteiger partial charge in [0.2, 0.25) is 5.96 Å². The van der Waals surface area contributed by atoms with Crippen LogP contribution < -0.4 is 10.6 Å². The number of nitrogens with two attached hydrogens (primary N) is 1. The van der Waals surface area contributed by atoms with Crippen LogP contribution >= 0.6 is 0 Å². The highest BCUT2D eigenvalue weighted by Gasteiger charge is 2.44. The van der Waals surface area contributed by atoms with Crippen molar-refractivity contribution in [2.75, 3.05) is 32.6 Å². The molecule has 0 radical (unpaired) electrons. The van der Waals surface area contributed by atoms with Crippen LogP contribution in [-0.2, 0) is 22.1 Å². The van der Waals surface area contributed by atoms with Gasteiger partial charge in [0.05, 0.1) is 29.9 Å². The summed E-state index contributed by atoms with van der Waals surface area (Å²) in [6, 6.07) is 8.72. The summed E-state index contributed by atoms with van der Waals surface area (Å²) >= 11 is 0. The second-order valence-electron chi connectivity index (χ2n) is 9.24. The molecule has 0 fully saturated rings. The Morgan fingerprint density at radius 2 is 1.90 bits per heavy atom. The molecular formula is C27H29F3N6O3. The number of methoxy groups -OCH3 is 1. The van der Waals surface area contributed by atoms with Crippen LogP contribution in [0.2, 0.25) is 0 Å². The second-order valence-corrected chi connectivity index (χ2v) is 9.24. The molecule has 3 rings (SSSR count). The molecule has 0 spiro atoms. The molecule has 2 aromatic carbocycles. The van der Waals surface area contributed by atoms with Crippen LogP contribution in [0.3, 0.4) is 0 Å². The summed E-state index contributed by atoms with van der Waals surface area (Å²) in [7, 11) is 4.96. The lowest BCUT2D eigenvalue weighted by atomic mass is 9.87. The van der Waals surface area contributed by atoms with Crippen molar-refractivity contribution >= 4 is 23.6 Å². The van der Waals surface area contributed by atoms with E-state index in [4.69, 9.17) is 15.9 Å². The molecule has 2 aromatic rings. The topological polar surface area (TPSA) is 127 Å². The Bertz CT molecular complexity index is 1360. The lowest BCUT2D eigenvalue weighted by Crippen LogP contribution is -2.55. The van der Waals surface area contributed by atoms with E-state index in [2.05, 4.69) is 6.07 Å². The minimum absolute atomic E-state index is 0.0803. The molecule has 0 unspecified atom stereocenters. The van der Waals surface area contributed by atoms with Crippen molar-refractivity contribution in [3.63, 3.8) is 0 Å². The molecule has 1 heterocycles. The number of nitrogens with zero attached hydrogens (tertiary/aromatic N) is 4. The van der Waals surface area contributed by atoms with Crippen molar-refractivity contribution in [2.24, 2.45) is 5.73 Å². The number of hydrogen-bond donors (Lipinski definition) is 2. The SMILES string of the molecule is COC(=O)C1=C(C)N(c2cccc(C(F)(F)F)c2)C(=N)N(C(N)=O)[C@@H]1c1ccc(C#N)cc1CCCN(C)C. The highest BCUT2D eigenvalue weighted by atomic mass is 19.4. The Hall–Kier alpha value is -4.37. The quantitative estimate of drug-likeness (QED) is 0.500. The summed E-state index contributed by atoms with van der Waals surface area (Å²) in [6.07, 6.45) is -3.50. The number of aryl methyl sites for hydroxylation is 1. The molecule has 0 bridgehead atoms. The highest BCUT2D eigenvalue weighted by Crippen LogP contribution is 2.42.